The van der Waals surface area contributed by atoms with E-state index in [2.05, 4.69) is 41.5 Å². The Morgan fingerprint density at radius 2 is 1.80 bits per heavy atom. The molecule has 0 aliphatic carbocycles. The highest BCUT2D eigenvalue weighted by Gasteiger charge is 2.30. The normalized spacial score (nSPS) is 12.1. The third kappa shape index (κ3) is 4.30. The van der Waals surface area contributed by atoms with Crippen molar-refractivity contribution in [1.29, 1.82) is 0 Å². The molecule has 0 unspecified atom stereocenters. The average molecular weight is 282 g/mol. The molecule has 0 aliphatic rings. The van der Waals surface area contributed by atoms with Crippen molar-refractivity contribution in [3.63, 3.8) is 0 Å². The SMILES string of the molecule is CC(C)(C)CC(C)(C)Nc1ncnc(NN)c1[N+](=O)[O-]. The molecule has 20 heavy (non-hydrogen) atoms. The minimum Gasteiger partial charge on any atom is -0.359 e. The lowest BCUT2D eigenvalue weighted by Gasteiger charge is -2.33. The molecule has 1 rings (SSSR count). The molecule has 112 valence electrons. The second kappa shape index (κ2) is 5.58. The molecule has 1 heterocycles. The maximum Gasteiger partial charge on any atom is 0.354 e. The van der Waals surface area contributed by atoms with Crippen LogP contribution in [0.4, 0.5) is 17.3 Å². The number of aromatic nitrogens is 2. The van der Waals surface area contributed by atoms with E-state index < -0.39 is 4.92 Å². The first-order valence-electron chi connectivity index (χ1n) is 6.30. The molecule has 1 aromatic heterocycles. The van der Waals surface area contributed by atoms with Gasteiger partial charge in [0.25, 0.3) is 0 Å². The largest absolute Gasteiger partial charge is 0.359 e. The van der Waals surface area contributed by atoms with Crippen LogP contribution in [-0.2, 0) is 0 Å². The Morgan fingerprint density at radius 3 is 2.25 bits per heavy atom. The molecule has 0 bridgehead atoms. The summed E-state index contributed by atoms with van der Waals surface area (Å²) in [7, 11) is 0. The molecular formula is C12H22N6O2. The van der Waals surface area contributed by atoms with Gasteiger partial charge < -0.3 is 10.7 Å². The number of nitro groups is 1. The quantitative estimate of drug-likeness (QED) is 0.430. The van der Waals surface area contributed by atoms with Gasteiger partial charge in [0.05, 0.1) is 4.92 Å². The summed E-state index contributed by atoms with van der Waals surface area (Å²) in [6.07, 6.45) is 2.05. The van der Waals surface area contributed by atoms with Crippen molar-refractivity contribution in [1.82, 2.24) is 9.97 Å². The molecule has 0 atom stereocenters. The molecule has 8 nitrogen and oxygen atoms in total. The molecule has 4 N–H and O–H groups in total. The smallest absolute Gasteiger partial charge is 0.354 e. The number of nitrogens with one attached hydrogen (secondary N) is 2. The van der Waals surface area contributed by atoms with E-state index in [0.717, 1.165) is 6.42 Å². The lowest BCUT2D eigenvalue weighted by atomic mass is 9.82. The van der Waals surface area contributed by atoms with Gasteiger partial charge in [0.15, 0.2) is 0 Å². The van der Waals surface area contributed by atoms with Crippen LogP contribution < -0.4 is 16.6 Å². The second-order valence-electron chi connectivity index (χ2n) is 6.57. The third-order valence-corrected chi connectivity index (χ3v) is 2.57. The minimum atomic E-state index is -0.551. The van der Waals surface area contributed by atoms with Gasteiger partial charge in [0.2, 0.25) is 11.6 Å². The third-order valence-electron chi connectivity index (χ3n) is 2.57. The number of rotatable bonds is 5. The van der Waals surface area contributed by atoms with Crippen molar-refractivity contribution >= 4 is 17.3 Å². The van der Waals surface area contributed by atoms with Gasteiger partial charge in [-0.3, -0.25) is 10.1 Å². The zero-order valence-electron chi connectivity index (χ0n) is 12.5. The van der Waals surface area contributed by atoms with Crippen molar-refractivity contribution in [2.45, 2.75) is 46.6 Å². The van der Waals surface area contributed by atoms with E-state index >= 15 is 0 Å². The Labute approximate surface area is 118 Å². The van der Waals surface area contributed by atoms with Crippen molar-refractivity contribution in [2.24, 2.45) is 11.3 Å². The van der Waals surface area contributed by atoms with E-state index in [-0.39, 0.29) is 28.3 Å². The highest BCUT2D eigenvalue weighted by atomic mass is 16.6. The fraction of sp³-hybridized carbons (Fsp3) is 0.667. The lowest BCUT2D eigenvalue weighted by molar-refractivity contribution is -0.383. The summed E-state index contributed by atoms with van der Waals surface area (Å²) >= 11 is 0. The average Bonchev–Trinajstić information content (AvgIpc) is 2.23. The van der Waals surface area contributed by atoms with E-state index in [1.54, 1.807) is 0 Å². The van der Waals surface area contributed by atoms with Crippen molar-refractivity contribution in [3.8, 4) is 0 Å². The fourth-order valence-corrected chi connectivity index (χ4v) is 2.44. The number of anilines is 2. The van der Waals surface area contributed by atoms with Gasteiger partial charge in [0.1, 0.15) is 6.33 Å². The van der Waals surface area contributed by atoms with Gasteiger partial charge in [-0.05, 0) is 25.7 Å². The number of hydrogen-bond acceptors (Lipinski definition) is 7. The van der Waals surface area contributed by atoms with Gasteiger partial charge in [-0.1, -0.05) is 20.8 Å². The maximum atomic E-state index is 11.2. The minimum absolute atomic E-state index is 0.0148. The molecule has 0 aliphatic heterocycles. The van der Waals surface area contributed by atoms with Crippen LogP contribution in [-0.4, -0.2) is 20.4 Å². The first-order chi connectivity index (χ1) is 9.06. The Hall–Kier alpha value is -1.96. The maximum absolute atomic E-state index is 11.2. The summed E-state index contributed by atoms with van der Waals surface area (Å²) in [4.78, 5) is 18.3. The van der Waals surface area contributed by atoms with Crippen molar-refractivity contribution < 1.29 is 4.92 Å². The van der Waals surface area contributed by atoms with Gasteiger partial charge in [-0.25, -0.2) is 15.8 Å². The Morgan fingerprint density at radius 1 is 1.25 bits per heavy atom. The molecule has 0 saturated carbocycles. The molecule has 8 heteroatoms. The second-order valence-corrected chi connectivity index (χ2v) is 6.57. The highest BCUT2D eigenvalue weighted by molar-refractivity contribution is 5.69. The zero-order chi connectivity index (χ0) is 15.6. The first kappa shape index (κ1) is 16.1. The molecule has 1 aromatic rings. The lowest BCUT2D eigenvalue weighted by Crippen LogP contribution is -2.36. The summed E-state index contributed by atoms with van der Waals surface area (Å²) in [5, 5.41) is 14.3. The van der Waals surface area contributed by atoms with Crippen molar-refractivity contribution in [3.05, 3.63) is 16.4 Å². The summed E-state index contributed by atoms with van der Waals surface area (Å²) in [6, 6.07) is 0. The van der Waals surface area contributed by atoms with Crippen LogP contribution in [0.5, 0.6) is 0 Å². The van der Waals surface area contributed by atoms with Crippen LogP contribution in [0.1, 0.15) is 41.0 Å². The Bertz CT molecular complexity index is 495. The summed E-state index contributed by atoms with van der Waals surface area (Å²) in [5.74, 6) is 5.40. The van der Waals surface area contributed by atoms with Gasteiger partial charge in [-0.2, -0.15) is 0 Å². The first-order valence-corrected chi connectivity index (χ1v) is 6.30. The van der Waals surface area contributed by atoms with E-state index in [9.17, 15) is 10.1 Å². The molecule has 0 saturated heterocycles. The molecular weight excluding hydrogens is 260 g/mol. The van der Waals surface area contributed by atoms with Crippen LogP contribution in [0, 0.1) is 15.5 Å². The number of nitrogen functional groups attached to an aromatic ring is 1. The molecule has 0 spiro atoms. The van der Waals surface area contributed by atoms with Crippen LogP contribution in [0.3, 0.4) is 0 Å². The van der Waals surface area contributed by atoms with Crippen molar-refractivity contribution in [2.75, 3.05) is 10.7 Å². The van der Waals surface area contributed by atoms with Gasteiger partial charge in [-0.15, -0.1) is 0 Å². The number of nitrogens with two attached hydrogens (primary N) is 1. The summed E-state index contributed by atoms with van der Waals surface area (Å²) < 4.78 is 0. The zero-order valence-corrected chi connectivity index (χ0v) is 12.5. The highest BCUT2D eigenvalue weighted by Crippen LogP contribution is 2.34. The number of hydrogen-bond donors (Lipinski definition) is 3. The molecule has 0 aromatic carbocycles. The molecule has 0 fully saturated rings. The standard InChI is InChI=1S/C12H22N6O2/c1-11(2,3)6-12(4,5)16-9-8(18(19)20)10(17-13)15-7-14-9/h7H,6,13H2,1-5H3,(H2,14,15,16,17). The number of hydrazine groups is 1. The number of nitrogens with zero attached hydrogens (tertiary/aromatic N) is 3. The van der Waals surface area contributed by atoms with Crippen LogP contribution in [0.15, 0.2) is 6.33 Å². The van der Waals surface area contributed by atoms with Gasteiger partial charge in [0, 0.05) is 5.54 Å². The molecule has 0 radical (unpaired) electrons. The summed E-state index contributed by atoms with van der Waals surface area (Å²) in [5.41, 5.74) is 1.68. The van der Waals surface area contributed by atoms with E-state index in [0.29, 0.717) is 0 Å². The van der Waals surface area contributed by atoms with E-state index in [1.165, 1.54) is 6.33 Å². The topological polar surface area (TPSA) is 119 Å². The van der Waals surface area contributed by atoms with Crippen LogP contribution in [0.2, 0.25) is 0 Å². The van der Waals surface area contributed by atoms with Crippen LogP contribution in [0.25, 0.3) is 0 Å². The monoisotopic (exact) mass is 282 g/mol. The Kier molecular flexibility index (Phi) is 4.49. The van der Waals surface area contributed by atoms with E-state index in [4.69, 9.17) is 5.84 Å². The molecule has 0 amide bonds. The van der Waals surface area contributed by atoms with E-state index in [1.807, 2.05) is 13.8 Å². The predicted octanol–water partition coefficient (Wildman–Crippen LogP) is 2.30. The fourth-order valence-electron chi connectivity index (χ4n) is 2.44. The van der Waals surface area contributed by atoms with Crippen LogP contribution >= 0.6 is 0 Å². The van der Waals surface area contributed by atoms with Gasteiger partial charge >= 0.3 is 5.69 Å². The predicted molar refractivity (Wildman–Crippen MR) is 78.3 cm³/mol. The summed E-state index contributed by atoms with van der Waals surface area (Å²) in [6.45, 7) is 10.3. The Balaban J connectivity index is 3.12.